The summed E-state index contributed by atoms with van der Waals surface area (Å²) in [6.07, 6.45) is 1.60. The molecule has 1 aliphatic carbocycles. The Morgan fingerprint density at radius 2 is 1.95 bits per heavy atom. The lowest BCUT2D eigenvalue weighted by Gasteiger charge is -2.32. The highest BCUT2D eigenvalue weighted by Gasteiger charge is 2.46. The number of fused-ring (bicyclic) bond motifs is 5. The van der Waals surface area contributed by atoms with Gasteiger partial charge in [-0.05, 0) is 73.2 Å². The van der Waals surface area contributed by atoms with Crippen LogP contribution in [-0.4, -0.2) is 31.6 Å². The van der Waals surface area contributed by atoms with Crippen molar-refractivity contribution in [1.29, 1.82) is 0 Å². The summed E-state index contributed by atoms with van der Waals surface area (Å²) < 4.78 is 21.9. The van der Waals surface area contributed by atoms with Gasteiger partial charge in [-0.2, -0.15) is 0 Å². The molecule has 0 radical (unpaired) electrons. The first kappa shape index (κ1) is 26.3. The number of ether oxygens (including phenoxy) is 1. The van der Waals surface area contributed by atoms with E-state index in [4.69, 9.17) is 9.72 Å². The van der Waals surface area contributed by atoms with E-state index in [9.17, 15) is 24.6 Å². The van der Waals surface area contributed by atoms with Gasteiger partial charge in [0.15, 0.2) is 5.60 Å². The smallest absolute Gasteiger partial charge is 0.343 e. The van der Waals surface area contributed by atoms with Gasteiger partial charge in [-0.25, -0.2) is 14.2 Å². The lowest BCUT2D eigenvalue weighted by Crippen LogP contribution is -2.44. The van der Waals surface area contributed by atoms with Crippen molar-refractivity contribution in [3.63, 3.8) is 0 Å². The van der Waals surface area contributed by atoms with Crippen LogP contribution in [0.5, 0.6) is 5.75 Å². The summed E-state index contributed by atoms with van der Waals surface area (Å²) >= 11 is 0. The number of carbonyl (C=O) groups excluding carboxylic acids is 2. The number of nitrogens with one attached hydrogen (secondary N) is 1. The molecule has 7 rings (SSSR count). The molecule has 214 valence electrons. The number of aromatic hydroxyl groups is 1. The van der Waals surface area contributed by atoms with Gasteiger partial charge in [0.1, 0.15) is 18.2 Å². The highest BCUT2D eigenvalue weighted by molar-refractivity contribution is 5.97. The van der Waals surface area contributed by atoms with Crippen molar-refractivity contribution < 1.29 is 28.9 Å². The molecule has 2 aromatic heterocycles. The Bertz CT molecular complexity index is 1920. The molecule has 10 heteroatoms. The van der Waals surface area contributed by atoms with Crippen molar-refractivity contribution in [3.8, 4) is 17.1 Å². The van der Waals surface area contributed by atoms with E-state index in [-0.39, 0.29) is 53.7 Å². The Morgan fingerprint density at radius 3 is 2.69 bits per heavy atom. The van der Waals surface area contributed by atoms with Gasteiger partial charge in [-0.1, -0.05) is 13.3 Å². The lowest BCUT2D eigenvalue weighted by molar-refractivity contribution is -0.172. The van der Waals surface area contributed by atoms with Crippen LogP contribution in [0.2, 0.25) is 0 Å². The highest BCUT2D eigenvalue weighted by Crippen LogP contribution is 2.46. The van der Waals surface area contributed by atoms with E-state index >= 15 is 4.39 Å². The van der Waals surface area contributed by atoms with Crippen molar-refractivity contribution in [3.05, 3.63) is 91.5 Å². The number of phenolic OH excluding ortho intramolecular Hbond substituents is 1. The average molecular weight is 570 g/mol. The van der Waals surface area contributed by atoms with Crippen LogP contribution in [0.4, 0.5) is 4.39 Å². The van der Waals surface area contributed by atoms with Crippen LogP contribution in [0.1, 0.15) is 76.0 Å². The Kier molecular flexibility index (Phi) is 5.78. The standard InChI is InChI=1S/C32H28FN3O6/c1-3-10-32(41)21-11-25-28-19(13-36(25)30(39)20(21)14-42-31(32)40)27-23(35-29(38)16-4-6-17(37)7-5-16)9-8-18-15(2)22(33)12-24(34-28)26(18)27/h4-7,11-12,23,37,41H,3,8-10,13-14H2,1-2H3,(H,35,38)/t23-,32-/m0/s1. The maximum absolute atomic E-state index is 15.1. The number of pyridine rings is 2. The number of carbonyl (C=O) groups is 2. The molecular weight excluding hydrogens is 541 g/mol. The fourth-order valence-corrected chi connectivity index (χ4v) is 6.82. The van der Waals surface area contributed by atoms with Crippen LogP contribution in [-0.2, 0) is 34.7 Å². The SMILES string of the molecule is CCC[C@@]1(O)C(=O)OCc2c1cc1n(c2=O)Cc2c-1nc1cc(F)c(C)c3c1c2[C@@H](NC(=O)c1ccc(O)cc1)CC3. The topological polar surface area (TPSA) is 131 Å². The largest absolute Gasteiger partial charge is 0.508 e. The van der Waals surface area contributed by atoms with Crippen LogP contribution in [0.25, 0.3) is 22.3 Å². The molecule has 3 N–H and O–H groups in total. The summed E-state index contributed by atoms with van der Waals surface area (Å²) in [5, 5.41) is 24.9. The molecule has 4 heterocycles. The molecule has 0 unspecified atom stereocenters. The Morgan fingerprint density at radius 1 is 1.19 bits per heavy atom. The van der Waals surface area contributed by atoms with E-state index in [1.165, 1.54) is 30.3 Å². The minimum Gasteiger partial charge on any atom is -0.508 e. The number of aliphatic hydroxyl groups is 1. The van der Waals surface area contributed by atoms with Crippen molar-refractivity contribution >= 4 is 22.8 Å². The van der Waals surface area contributed by atoms with E-state index in [0.29, 0.717) is 47.3 Å². The molecule has 42 heavy (non-hydrogen) atoms. The van der Waals surface area contributed by atoms with E-state index in [0.717, 1.165) is 22.1 Å². The minimum atomic E-state index is -1.96. The van der Waals surface area contributed by atoms with Gasteiger partial charge < -0.3 is 24.8 Å². The van der Waals surface area contributed by atoms with Crippen LogP contribution in [0, 0.1) is 12.7 Å². The highest BCUT2D eigenvalue weighted by atomic mass is 19.1. The minimum absolute atomic E-state index is 0.0492. The van der Waals surface area contributed by atoms with Crippen molar-refractivity contribution in [1.82, 2.24) is 14.9 Å². The fraction of sp³-hybridized carbons (Fsp3) is 0.312. The third-order valence-corrected chi connectivity index (χ3v) is 8.91. The number of amides is 1. The van der Waals surface area contributed by atoms with Crippen molar-refractivity contribution in [2.24, 2.45) is 0 Å². The zero-order valence-electron chi connectivity index (χ0n) is 23.1. The summed E-state index contributed by atoms with van der Waals surface area (Å²) in [5.41, 5.74) is 2.62. The normalized spacial score (nSPS) is 20.1. The van der Waals surface area contributed by atoms with Gasteiger partial charge in [0.05, 0.1) is 35.1 Å². The summed E-state index contributed by atoms with van der Waals surface area (Å²) in [6, 6.07) is 8.53. The molecule has 0 saturated carbocycles. The van der Waals surface area contributed by atoms with E-state index < -0.39 is 17.6 Å². The van der Waals surface area contributed by atoms with Gasteiger partial charge in [0.25, 0.3) is 11.5 Å². The predicted molar refractivity (Wildman–Crippen MR) is 150 cm³/mol. The molecule has 3 aliphatic rings. The first-order chi connectivity index (χ1) is 20.1. The molecular formula is C32H28FN3O6. The average Bonchev–Trinajstić information content (AvgIpc) is 3.34. The van der Waals surface area contributed by atoms with Gasteiger partial charge in [0, 0.05) is 28.1 Å². The van der Waals surface area contributed by atoms with Crippen LogP contribution in [0.3, 0.4) is 0 Å². The molecule has 0 saturated heterocycles. The predicted octanol–water partition coefficient (Wildman–Crippen LogP) is 4.04. The van der Waals surface area contributed by atoms with Crippen LogP contribution >= 0.6 is 0 Å². The number of rotatable bonds is 4. The number of halogens is 1. The lowest BCUT2D eigenvalue weighted by atomic mass is 9.81. The molecule has 1 amide bonds. The molecule has 2 aromatic carbocycles. The number of phenols is 1. The second-order valence-electron chi connectivity index (χ2n) is 11.3. The van der Waals surface area contributed by atoms with Gasteiger partial charge in [-0.3, -0.25) is 9.59 Å². The van der Waals surface area contributed by atoms with Gasteiger partial charge in [0.2, 0.25) is 0 Å². The van der Waals surface area contributed by atoms with E-state index in [1.807, 2.05) is 6.92 Å². The second kappa shape index (κ2) is 9.22. The summed E-state index contributed by atoms with van der Waals surface area (Å²) in [7, 11) is 0. The Balaban J connectivity index is 1.44. The van der Waals surface area contributed by atoms with Gasteiger partial charge in [-0.15, -0.1) is 0 Å². The number of cyclic esters (lactones) is 1. The number of nitrogens with zero attached hydrogens (tertiary/aromatic N) is 2. The molecule has 2 aliphatic heterocycles. The number of hydrogen-bond acceptors (Lipinski definition) is 7. The third kappa shape index (κ3) is 3.64. The maximum Gasteiger partial charge on any atom is 0.343 e. The summed E-state index contributed by atoms with van der Waals surface area (Å²) in [6.45, 7) is 3.48. The Labute approximate surface area is 239 Å². The van der Waals surface area contributed by atoms with E-state index in [1.54, 1.807) is 17.6 Å². The first-order valence-corrected chi connectivity index (χ1v) is 14.0. The molecule has 0 bridgehead atoms. The first-order valence-electron chi connectivity index (χ1n) is 14.0. The molecule has 9 nitrogen and oxygen atoms in total. The summed E-state index contributed by atoms with van der Waals surface area (Å²) in [4.78, 5) is 44.7. The third-order valence-electron chi connectivity index (χ3n) is 8.91. The van der Waals surface area contributed by atoms with Crippen LogP contribution < -0.4 is 10.9 Å². The Hall–Kier alpha value is -4.57. The number of esters is 1. The monoisotopic (exact) mass is 569 g/mol. The molecule has 0 fully saturated rings. The van der Waals surface area contributed by atoms with Gasteiger partial charge >= 0.3 is 5.97 Å². The van der Waals surface area contributed by atoms with Crippen LogP contribution in [0.15, 0.2) is 41.2 Å². The number of aryl methyl sites for hydroxylation is 1. The molecule has 4 aromatic rings. The molecule has 0 spiro atoms. The van der Waals surface area contributed by atoms with Crippen molar-refractivity contribution in [2.75, 3.05) is 0 Å². The quantitative estimate of drug-likeness (QED) is 0.279. The summed E-state index contributed by atoms with van der Waals surface area (Å²) in [5.74, 6) is -1.46. The number of aromatic nitrogens is 2. The zero-order chi connectivity index (χ0) is 29.5. The van der Waals surface area contributed by atoms with E-state index in [2.05, 4.69) is 5.32 Å². The fourth-order valence-electron chi connectivity index (χ4n) is 6.82. The second-order valence-corrected chi connectivity index (χ2v) is 11.3. The number of hydrogen-bond donors (Lipinski definition) is 3. The molecule has 2 atom stereocenters. The zero-order valence-corrected chi connectivity index (χ0v) is 23.1. The maximum atomic E-state index is 15.1. The number of benzene rings is 2. The van der Waals surface area contributed by atoms with Crippen molar-refractivity contribution in [2.45, 2.75) is 64.3 Å².